The molecule has 1 saturated heterocycles. The Morgan fingerprint density at radius 2 is 1.71 bits per heavy atom. The zero-order chi connectivity index (χ0) is 22.0. The summed E-state index contributed by atoms with van der Waals surface area (Å²) >= 11 is 0. The molecule has 1 unspecified atom stereocenters. The summed E-state index contributed by atoms with van der Waals surface area (Å²) in [6.07, 6.45) is -0.351. The van der Waals surface area contributed by atoms with Gasteiger partial charge in [-0.3, -0.25) is 9.69 Å². The van der Waals surface area contributed by atoms with E-state index < -0.39 is 0 Å². The van der Waals surface area contributed by atoms with E-state index in [0.29, 0.717) is 18.6 Å². The largest absolute Gasteiger partial charge is 0.459 e. The lowest BCUT2D eigenvalue weighted by atomic mass is 10.2. The molecule has 0 aliphatic carbocycles. The summed E-state index contributed by atoms with van der Waals surface area (Å²) < 4.78 is 34.3. The number of ether oxygens (including phenoxy) is 1. The Morgan fingerprint density at radius 1 is 1.03 bits per heavy atom. The Morgan fingerprint density at radius 3 is 2.39 bits per heavy atom. The minimum absolute atomic E-state index is 0.239. The van der Waals surface area contributed by atoms with Crippen molar-refractivity contribution >= 4 is 22.7 Å². The van der Waals surface area contributed by atoms with E-state index in [1.54, 1.807) is 18.2 Å². The topological polar surface area (TPSA) is 50.6 Å². The highest BCUT2D eigenvalue weighted by Gasteiger charge is 2.23. The fourth-order valence-electron chi connectivity index (χ4n) is 4.15. The second-order valence-electron chi connectivity index (χ2n) is 7.90. The molecular weight excluding hydrogens is 402 g/mol. The lowest BCUT2D eigenvalue weighted by molar-refractivity contribution is -0.148. The molecule has 1 fully saturated rings. The Kier molecular flexibility index (Phi) is 6.18. The van der Waals surface area contributed by atoms with Crippen LogP contribution in [0.15, 0.2) is 42.5 Å². The molecule has 1 aliphatic heterocycles. The summed E-state index contributed by atoms with van der Waals surface area (Å²) in [6, 6.07) is 11.1. The van der Waals surface area contributed by atoms with Crippen LogP contribution in [0.25, 0.3) is 11.0 Å². The van der Waals surface area contributed by atoms with E-state index in [9.17, 15) is 13.6 Å². The standard InChI is InChI=1S/C23H26F2N4O2/c1-16-26-22-13-19(25)5-8-23(22)29(16)15-21(31-17(2)30)14-27-9-11-28(12-10-27)20-6-3-18(24)4-7-20/h3-8,13,21H,9-12,14-15H2,1-2H3. The molecule has 164 valence electrons. The van der Waals surface area contributed by atoms with Crippen molar-refractivity contribution in [2.45, 2.75) is 26.5 Å². The molecule has 6 nitrogen and oxygen atoms in total. The Bertz CT molecular complexity index is 1060. The average Bonchev–Trinajstić information content (AvgIpc) is 3.03. The fourth-order valence-corrected chi connectivity index (χ4v) is 4.15. The normalized spacial score (nSPS) is 15.9. The molecular formula is C23H26F2N4O2. The van der Waals surface area contributed by atoms with Gasteiger partial charge in [-0.1, -0.05) is 0 Å². The van der Waals surface area contributed by atoms with Gasteiger partial charge in [0, 0.05) is 51.4 Å². The van der Waals surface area contributed by atoms with Crippen LogP contribution in [0.1, 0.15) is 12.7 Å². The number of aryl methyl sites for hydroxylation is 1. The van der Waals surface area contributed by atoms with Gasteiger partial charge in [-0.15, -0.1) is 0 Å². The second-order valence-corrected chi connectivity index (χ2v) is 7.90. The van der Waals surface area contributed by atoms with E-state index in [1.165, 1.54) is 31.2 Å². The van der Waals surface area contributed by atoms with Crippen LogP contribution in [0.4, 0.5) is 14.5 Å². The number of imidazole rings is 1. The van der Waals surface area contributed by atoms with Crippen LogP contribution in [-0.2, 0) is 16.1 Å². The molecule has 2 heterocycles. The fraction of sp³-hybridized carbons (Fsp3) is 0.391. The Hall–Kier alpha value is -3.00. The summed E-state index contributed by atoms with van der Waals surface area (Å²) in [5.74, 6) is -0.147. The summed E-state index contributed by atoms with van der Waals surface area (Å²) in [5.41, 5.74) is 2.41. The van der Waals surface area contributed by atoms with Crippen LogP contribution in [0.2, 0.25) is 0 Å². The van der Waals surface area contributed by atoms with Crippen molar-refractivity contribution in [3.63, 3.8) is 0 Å². The first kappa shape index (κ1) is 21.2. The zero-order valence-electron chi connectivity index (χ0n) is 17.7. The van der Waals surface area contributed by atoms with Crippen LogP contribution >= 0.6 is 0 Å². The molecule has 3 aromatic rings. The predicted molar refractivity (Wildman–Crippen MR) is 115 cm³/mol. The molecule has 1 aromatic heterocycles. The highest BCUT2D eigenvalue weighted by Crippen LogP contribution is 2.20. The molecule has 0 saturated carbocycles. The lowest BCUT2D eigenvalue weighted by Gasteiger charge is -2.37. The molecule has 31 heavy (non-hydrogen) atoms. The highest BCUT2D eigenvalue weighted by atomic mass is 19.1. The maximum Gasteiger partial charge on any atom is 0.303 e. The van der Waals surface area contributed by atoms with E-state index in [2.05, 4.69) is 14.8 Å². The molecule has 0 bridgehead atoms. The molecule has 2 aromatic carbocycles. The molecule has 0 N–H and O–H groups in total. The number of hydrogen-bond donors (Lipinski definition) is 0. The molecule has 0 amide bonds. The van der Waals surface area contributed by atoms with Crippen molar-refractivity contribution in [3.05, 3.63) is 59.9 Å². The molecule has 0 spiro atoms. The van der Waals surface area contributed by atoms with Crippen molar-refractivity contribution in [3.8, 4) is 0 Å². The number of carbonyl (C=O) groups excluding carboxylic acids is 1. The van der Waals surface area contributed by atoms with Gasteiger partial charge in [0.05, 0.1) is 17.6 Å². The van der Waals surface area contributed by atoms with Gasteiger partial charge in [0.15, 0.2) is 0 Å². The summed E-state index contributed by atoms with van der Waals surface area (Å²) in [7, 11) is 0. The zero-order valence-corrected chi connectivity index (χ0v) is 17.7. The molecule has 1 aliphatic rings. The van der Waals surface area contributed by atoms with Gasteiger partial charge < -0.3 is 14.2 Å². The van der Waals surface area contributed by atoms with Gasteiger partial charge in [0.1, 0.15) is 23.6 Å². The average molecular weight is 428 g/mol. The van der Waals surface area contributed by atoms with E-state index in [0.717, 1.165) is 43.2 Å². The smallest absolute Gasteiger partial charge is 0.303 e. The number of nitrogens with zero attached hydrogens (tertiary/aromatic N) is 4. The van der Waals surface area contributed by atoms with E-state index in [1.807, 2.05) is 11.5 Å². The Labute approximate surface area is 180 Å². The minimum Gasteiger partial charge on any atom is -0.459 e. The number of piperazine rings is 1. The first-order valence-corrected chi connectivity index (χ1v) is 10.4. The predicted octanol–water partition coefficient (Wildman–Crippen LogP) is 3.38. The van der Waals surface area contributed by atoms with Crippen molar-refractivity contribution in [2.24, 2.45) is 0 Å². The summed E-state index contributed by atoms with van der Waals surface area (Å²) in [6.45, 7) is 7.56. The number of hydrogen-bond acceptors (Lipinski definition) is 5. The van der Waals surface area contributed by atoms with Gasteiger partial charge in [-0.2, -0.15) is 0 Å². The van der Waals surface area contributed by atoms with Crippen molar-refractivity contribution in [2.75, 3.05) is 37.6 Å². The number of halogens is 2. The molecule has 4 rings (SSSR count). The Balaban J connectivity index is 1.43. The van der Waals surface area contributed by atoms with Crippen LogP contribution in [0, 0.1) is 18.6 Å². The van der Waals surface area contributed by atoms with Crippen LogP contribution < -0.4 is 4.90 Å². The third-order valence-corrected chi connectivity index (χ3v) is 5.65. The quantitative estimate of drug-likeness (QED) is 0.564. The van der Waals surface area contributed by atoms with Gasteiger partial charge in [0.2, 0.25) is 0 Å². The monoisotopic (exact) mass is 428 g/mol. The number of fused-ring (bicyclic) bond motifs is 1. The van der Waals surface area contributed by atoms with Gasteiger partial charge >= 0.3 is 5.97 Å². The number of esters is 1. The van der Waals surface area contributed by atoms with Gasteiger partial charge in [0.25, 0.3) is 0 Å². The first-order valence-electron chi connectivity index (χ1n) is 10.4. The SMILES string of the molecule is CC(=O)OC(CN1CCN(c2ccc(F)cc2)CC1)Cn1c(C)nc2cc(F)ccc21. The van der Waals surface area contributed by atoms with Crippen LogP contribution in [-0.4, -0.2) is 59.2 Å². The maximum atomic E-state index is 13.5. The summed E-state index contributed by atoms with van der Waals surface area (Å²) in [4.78, 5) is 20.7. The third-order valence-electron chi connectivity index (χ3n) is 5.65. The van der Waals surface area contributed by atoms with Crippen molar-refractivity contribution in [1.82, 2.24) is 14.5 Å². The number of aromatic nitrogens is 2. The molecule has 1 atom stereocenters. The van der Waals surface area contributed by atoms with Crippen LogP contribution in [0.5, 0.6) is 0 Å². The number of benzene rings is 2. The number of carbonyl (C=O) groups is 1. The van der Waals surface area contributed by atoms with Gasteiger partial charge in [-0.25, -0.2) is 13.8 Å². The maximum absolute atomic E-state index is 13.5. The van der Waals surface area contributed by atoms with Crippen molar-refractivity contribution in [1.29, 1.82) is 0 Å². The molecule has 8 heteroatoms. The van der Waals surface area contributed by atoms with Crippen LogP contribution in [0.3, 0.4) is 0 Å². The van der Waals surface area contributed by atoms with E-state index in [-0.39, 0.29) is 23.7 Å². The van der Waals surface area contributed by atoms with Gasteiger partial charge in [-0.05, 0) is 43.3 Å². The second kappa shape index (κ2) is 9.01. The molecule has 0 radical (unpaired) electrons. The number of rotatable bonds is 6. The van der Waals surface area contributed by atoms with E-state index >= 15 is 0 Å². The lowest BCUT2D eigenvalue weighted by Crippen LogP contribution is -2.49. The minimum atomic E-state index is -0.351. The number of anilines is 1. The van der Waals surface area contributed by atoms with E-state index in [4.69, 9.17) is 4.74 Å². The third kappa shape index (κ3) is 5.02. The highest BCUT2D eigenvalue weighted by molar-refractivity contribution is 5.76. The van der Waals surface area contributed by atoms with Crippen molar-refractivity contribution < 1.29 is 18.3 Å². The first-order chi connectivity index (χ1) is 14.9. The summed E-state index contributed by atoms with van der Waals surface area (Å²) in [5, 5.41) is 0.